The molecule has 0 aliphatic rings. The van der Waals surface area contributed by atoms with Crippen molar-refractivity contribution in [3.63, 3.8) is 0 Å². The lowest BCUT2D eigenvalue weighted by molar-refractivity contribution is 0.817. The van der Waals surface area contributed by atoms with Crippen molar-refractivity contribution in [2.45, 2.75) is 13.8 Å². The van der Waals surface area contributed by atoms with Crippen molar-refractivity contribution in [3.05, 3.63) is 34.0 Å². The molecule has 15 heavy (non-hydrogen) atoms. The molecular weight excluding hydrogens is 235 g/mol. The number of rotatable bonds is 1. The first-order valence-electron chi connectivity index (χ1n) is 4.29. The predicted molar refractivity (Wildman–Crippen MR) is 58.6 cm³/mol. The van der Waals surface area contributed by atoms with E-state index in [0.29, 0.717) is 21.8 Å². The van der Waals surface area contributed by atoms with Gasteiger partial charge in [-0.2, -0.15) is 5.10 Å². The van der Waals surface area contributed by atoms with Crippen molar-refractivity contribution < 1.29 is 0 Å². The van der Waals surface area contributed by atoms with Crippen molar-refractivity contribution in [2.24, 2.45) is 0 Å². The highest BCUT2D eigenvalue weighted by molar-refractivity contribution is 6.30. The molecule has 6 heteroatoms. The van der Waals surface area contributed by atoms with Gasteiger partial charge < -0.3 is 0 Å². The fourth-order valence-electron chi connectivity index (χ4n) is 1.22. The maximum absolute atomic E-state index is 5.95. The Labute approximate surface area is 96.9 Å². The zero-order valence-corrected chi connectivity index (χ0v) is 9.71. The molecule has 2 aromatic rings. The SMILES string of the molecule is Cc1nc(Cl)c(C)c(-n2cc(Cl)cn2)n1. The van der Waals surface area contributed by atoms with Crippen molar-refractivity contribution in [1.82, 2.24) is 19.7 Å². The Morgan fingerprint density at radius 2 is 1.93 bits per heavy atom. The first-order valence-corrected chi connectivity index (χ1v) is 5.05. The highest BCUT2D eigenvalue weighted by Gasteiger charge is 2.09. The highest BCUT2D eigenvalue weighted by Crippen LogP contribution is 2.19. The highest BCUT2D eigenvalue weighted by atomic mass is 35.5. The molecule has 0 spiro atoms. The molecule has 0 radical (unpaired) electrons. The molecule has 0 saturated heterocycles. The summed E-state index contributed by atoms with van der Waals surface area (Å²) in [6, 6.07) is 0. The molecule has 0 unspecified atom stereocenters. The normalized spacial score (nSPS) is 10.7. The molecule has 0 bridgehead atoms. The smallest absolute Gasteiger partial charge is 0.161 e. The van der Waals surface area contributed by atoms with Gasteiger partial charge >= 0.3 is 0 Å². The summed E-state index contributed by atoms with van der Waals surface area (Å²) >= 11 is 11.7. The minimum absolute atomic E-state index is 0.434. The molecule has 0 aliphatic heterocycles. The van der Waals surface area contributed by atoms with Crippen LogP contribution in [0.3, 0.4) is 0 Å². The zero-order valence-electron chi connectivity index (χ0n) is 8.20. The fraction of sp³-hybridized carbons (Fsp3) is 0.222. The Hall–Kier alpha value is -1.13. The van der Waals surface area contributed by atoms with E-state index in [2.05, 4.69) is 15.1 Å². The zero-order chi connectivity index (χ0) is 11.0. The van der Waals surface area contributed by atoms with Crippen LogP contribution in [0, 0.1) is 13.8 Å². The predicted octanol–water partition coefficient (Wildman–Crippen LogP) is 2.59. The molecule has 0 aliphatic carbocycles. The van der Waals surface area contributed by atoms with E-state index in [1.54, 1.807) is 24.0 Å². The van der Waals surface area contributed by atoms with Gasteiger partial charge in [0.15, 0.2) is 5.82 Å². The number of halogens is 2. The lowest BCUT2D eigenvalue weighted by atomic mass is 10.3. The third kappa shape index (κ3) is 1.96. The average molecular weight is 243 g/mol. The van der Waals surface area contributed by atoms with Crippen LogP contribution >= 0.6 is 23.2 Å². The second-order valence-corrected chi connectivity index (χ2v) is 3.91. The van der Waals surface area contributed by atoms with E-state index in [1.807, 2.05) is 6.92 Å². The second-order valence-electron chi connectivity index (χ2n) is 3.11. The van der Waals surface area contributed by atoms with Gasteiger partial charge in [-0.25, -0.2) is 14.6 Å². The van der Waals surface area contributed by atoms with Crippen LogP contribution in [-0.2, 0) is 0 Å². The molecule has 2 rings (SSSR count). The standard InChI is InChI=1S/C9H8Cl2N4/c1-5-8(11)13-6(2)14-9(5)15-4-7(10)3-12-15/h3-4H,1-2H3. The van der Waals surface area contributed by atoms with Gasteiger partial charge in [-0.3, -0.25) is 0 Å². The van der Waals surface area contributed by atoms with E-state index in [-0.39, 0.29) is 0 Å². The quantitative estimate of drug-likeness (QED) is 0.723. The maximum atomic E-state index is 5.95. The summed E-state index contributed by atoms with van der Waals surface area (Å²) < 4.78 is 1.58. The summed E-state index contributed by atoms with van der Waals surface area (Å²) in [5, 5.41) is 5.06. The van der Waals surface area contributed by atoms with Gasteiger partial charge in [-0.05, 0) is 13.8 Å². The molecule has 2 aromatic heterocycles. The Morgan fingerprint density at radius 1 is 1.20 bits per heavy atom. The van der Waals surface area contributed by atoms with Gasteiger partial charge in [-0.1, -0.05) is 23.2 Å². The number of hydrogen-bond acceptors (Lipinski definition) is 3. The van der Waals surface area contributed by atoms with Crippen molar-refractivity contribution in [3.8, 4) is 5.82 Å². The molecule has 0 N–H and O–H groups in total. The van der Waals surface area contributed by atoms with Crippen LogP contribution in [0.15, 0.2) is 12.4 Å². The van der Waals surface area contributed by atoms with E-state index in [4.69, 9.17) is 23.2 Å². The van der Waals surface area contributed by atoms with E-state index in [0.717, 1.165) is 5.56 Å². The van der Waals surface area contributed by atoms with Gasteiger partial charge in [0.2, 0.25) is 0 Å². The molecule has 78 valence electrons. The number of aromatic nitrogens is 4. The molecular formula is C9H8Cl2N4. The second kappa shape index (κ2) is 3.79. The van der Waals surface area contributed by atoms with Crippen molar-refractivity contribution in [1.29, 1.82) is 0 Å². The Morgan fingerprint density at radius 3 is 2.53 bits per heavy atom. The Balaban J connectivity index is 2.62. The van der Waals surface area contributed by atoms with E-state index >= 15 is 0 Å². The van der Waals surface area contributed by atoms with E-state index < -0.39 is 0 Å². The topological polar surface area (TPSA) is 43.6 Å². The monoisotopic (exact) mass is 242 g/mol. The third-order valence-corrected chi connectivity index (χ3v) is 2.50. The molecule has 4 nitrogen and oxygen atoms in total. The molecule has 0 saturated carbocycles. The Bertz CT molecular complexity index is 507. The summed E-state index contributed by atoms with van der Waals surface area (Å²) in [7, 11) is 0. The minimum atomic E-state index is 0.434. The summed E-state index contributed by atoms with van der Waals surface area (Å²) in [6.45, 7) is 3.62. The maximum Gasteiger partial charge on any atom is 0.161 e. The van der Waals surface area contributed by atoms with Gasteiger partial charge in [-0.15, -0.1) is 0 Å². The van der Waals surface area contributed by atoms with E-state index in [9.17, 15) is 0 Å². The fourth-order valence-corrected chi connectivity index (χ4v) is 1.56. The summed E-state index contributed by atoms with van der Waals surface area (Å²) in [4.78, 5) is 8.31. The molecule has 0 aromatic carbocycles. The lowest BCUT2D eigenvalue weighted by Gasteiger charge is -2.06. The lowest BCUT2D eigenvalue weighted by Crippen LogP contribution is -2.04. The first kappa shape index (κ1) is 10.4. The molecule has 0 amide bonds. The van der Waals surface area contributed by atoms with Gasteiger partial charge in [0, 0.05) is 5.56 Å². The van der Waals surface area contributed by atoms with Crippen LogP contribution in [0.25, 0.3) is 5.82 Å². The van der Waals surface area contributed by atoms with Crippen LogP contribution in [0.4, 0.5) is 0 Å². The largest absolute Gasteiger partial charge is 0.221 e. The van der Waals surface area contributed by atoms with Crippen LogP contribution < -0.4 is 0 Å². The Kier molecular flexibility index (Phi) is 2.63. The third-order valence-electron chi connectivity index (χ3n) is 1.94. The first-order chi connectivity index (χ1) is 7.08. The summed E-state index contributed by atoms with van der Waals surface area (Å²) in [5.41, 5.74) is 0.780. The molecule has 0 atom stereocenters. The van der Waals surface area contributed by atoms with Crippen molar-refractivity contribution in [2.75, 3.05) is 0 Å². The number of aryl methyl sites for hydroxylation is 1. The van der Waals surface area contributed by atoms with Crippen molar-refractivity contribution >= 4 is 23.2 Å². The van der Waals surface area contributed by atoms with Gasteiger partial charge in [0.05, 0.1) is 17.4 Å². The summed E-state index contributed by atoms with van der Waals surface area (Å²) in [6.07, 6.45) is 3.22. The van der Waals surface area contributed by atoms with Crippen LogP contribution in [-0.4, -0.2) is 19.7 Å². The van der Waals surface area contributed by atoms with Crippen LogP contribution in [0.2, 0.25) is 10.2 Å². The minimum Gasteiger partial charge on any atom is -0.221 e. The van der Waals surface area contributed by atoms with Gasteiger partial charge in [0.25, 0.3) is 0 Å². The molecule has 2 heterocycles. The summed E-state index contributed by atoms with van der Waals surface area (Å²) in [5.74, 6) is 1.26. The molecule has 0 fully saturated rings. The number of nitrogens with zero attached hydrogens (tertiary/aromatic N) is 4. The van der Waals surface area contributed by atoms with Crippen LogP contribution in [0.5, 0.6) is 0 Å². The average Bonchev–Trinajstić information content (AvgIpc) is 2.58. The van der Waals surface area contributed by atoms with E-state index in [1.165, 1.54) is 0 Å². The van der Waals surface area contributed by atoms with Gasteiger partial charge in [0.1, 0.15) is 11.0 Å². The van der Waals surface area contributed by atoms with Crippen LogP contribution in [0.1, 0.15) is 11.4 Å². The number of hydrogen-bond donors (Lipinski definition) is 0.